The second-order valence-corrected chi connectivity index (χ2v) is 8.68. The summed E-state index contributed by atoms with van der Waals surface area (Å²) in [6.07, 6.45) is 4.68. The predicted octanol–water partition coefficient (Wildman–Crippen LogP) is 3.34. The van der Waals surface area contributed by atoms with E-state index in [-0.39, 0.29) is 28.5 Å². The van der Waals surface area contributed by atoms with Crippen LogP contribution in [-0.4, -0.2) is 44.7 Å². The van der Waals surface area contributed by atoms with Crippen molar-refractivity contribution in [3.8, 4) is 11.5 Å². The maximum absolute atomic E-state index is 13.6. The zero-order valence-corrected chi connectivity index (χ0v) is 19.8. The number of carbonyl (C=O) groups excluding carboxylic acids is 2. The van der Waals surface area contributed by atoms with Crippen LogP contribution in [0, 0.1) is 16.6 Å². The molecule has 1 amide bonds. The molecule has 0 aromatic heterocycles. The van der Waals surface area contributed by atoms with Crippen LogP contribution in [-0.2, 0) is 9.59 Å². The van der Waals surface area contributed by atoms with Crippen LogP contribution in [0.4, 0.5) is 10.1 Å². The number of rotatable bonds is 8. The lowest BCUT2D eigenvalue weighted by Gasteiger charge is -2.47. The van der Waals surface area contributed by atoms with Crippen molar-refractivity contribution in [1.29, 1.82) is 5.41 Å². The SMILES string of the molecule is C=O.CN.N=Cc1ccc(OCC(=O)NC23CCC(COc4ccc(Cl)c(F)c4)(C2)C3)cc1N. The number of nitrogens with one attached hydrogen (secondary N) is 2. The number of hydrogen-bond donors (Lipinski definition) is 4. The number of halogens is 2. The van der Waals surface area contributed by atoms with E-state index in [0.29, 0.717) is 29.4 Å². The number of nitrogen functional groups attached to an aromatic ring is 1. The van der Waals surface area contributed by atoms with Crippen LogP contribution in [0.15, 0.2) is 36.4 Å². The zero-order chi connectivity index (χ0) is 25.4. The molecule has 0 unspecified atom stereocenters. The zero-order valence-electron chi connectivity index (χ0n) is 19.0. The van der Waals surface area contributed by atoms with Gasteiger partial charge in [-0.2, -0.15) is 0 Å². The average molecular weight is 493 g/mol. The second-order valence-electron chi connectivity index (χ2n) is 8.27. The second kappa shape index (κ2) is 11.8. The van der Waals surface area contributed by atoms with E-state index in [1.807, 2.05) is 6.79 Å². The monoisotopic (exact) mass is 492 g/mol. The molecule has 3 aliphatic carbocycles. The summed E-state index contributed by atoms with van der Waals surface area (Å²) in [5, 5.41) is 10.4. The summed E-state index contributed by atoms with van der Waals surface area (Å²) >= 11 is 5.70. The van der Waals surface area contributed by atoms with Gasteiger partial charge in [-0.25, -0.2) is 4.39 Å². The molecule has 10 heteroatoms. The van der Waals surface area contributed by atoms with E-state index < -0.39 is 5.82 Å². The lowest BCUT2D eigenvalue weighted by atomic mass is 9.65. The molecule has 34 heavy (non-hydrogen) atoms. The Balaban J connectivity index is 0.000000970. The van der Waals surface area contributed by atoms with Gasteiger partial charge in [-0.3, -0.25) is 4.79 Å². The number of benzene rings is 2. The van der Waals surface area contributed by atoms with Crippen molar-refractivity contribution in [2.75, 3.05) is 26.0 Å². The summed E-state index contributed by atoms with van der Waals surface area (Å²) in [5.41, 5.74) is 11.2. The molecule has 2 bridgehead atoms. The highest BCUT2D eigenvalue weighted by atomic mass is 35.5. The minimum atomic E-state index is -0.498. The van der Waals surface area contributed by atoms with Crippen molar-refractivity contribution in [2.24, 2.45) is 11.1 Å². The van der Waals surface area contributed by atoms with Crippen molar-refractivity contribution < 1.29 is 23.5 Å². The van der Waals surface area contributed by atoms with E-state index in [9.17, 15) is 9.18 Å². The molecule has 3 aliphatic rings. The third kappa shape index (κ3) is 6.24. The van der Waals surface area contributed by atoms with Gasteiger partial charge < -0.3 is 36.5 Å². The number of amides is 1. The lowest BCUT2D eigenvalue weighted by molar-refractivity contribution is -0.127. The fourth-order valence-electron chi connectivity index (χ4n) is 4.62. The molecule has 3 saturated carbocycles. The Labute approximate surface area is 203 Å². The maximum Gasteiger partial charge on any atom is 0.258 e. The number of ether oxygens (including phenoxy) is 2. The predicted molar refractivity (Wildman–Crippen MR) is 130 cm³/mol. The first-order valence-electron chi connectivity index (χ1n) is 10.6. The van der Waals surface area contributed by atoms with Crippen LogP contribution in [0.5, 0.6) is 11.5 Å². The average Bonchev–Trinajstić information content (AvgIpc) is 3.36. The Morgan fingerprint density at radius 3 is 2.44 bits per heavy atom. The molecule has 6 N–H and O–H groups in total. The first kappa shape index (κ1) is 27.1. The highest BCUT2D eigenvalue weighted by molar-refractivity contribution is 6.30. The fraction of sp³-hybridized carbons (Fsp3) is 0.375. The molecule has 2 aromatic carbocycles. The van der Waals surface area contributed by atoms with Crippen LogP contribution < -0.4 is 26.3 Å². The van der Waals surface area contributed by atoms with Crippen LogP contribution >= 0.6 is 11.6 Å². The van der Waals surface area contributed by atoms with Gasteiger partial charge in [0, 0.05) is 40.6 Å². The summed E-state index contributed by atoms with van der Waals surface area (Å²) in [6.45, 7) is 2.39. The Morgan fingerprint density at radius 1 is 1.18 bits per heavy atom. The molecule has 0 radical (unpaired) electrons. The van der Waals surface area contributed by atoms with Crippen LogP contribution in [0.1, 0.15) is 31.2 Å². The summed E-state index contributed by atoms with van der Waals surface area (Å²) in [7, 11) is 1.50. The smallest absolute Gasteiger partial charge is 0.258 e. The van der Waals surface area contributed by atoms with Gasteiger partial charge in [0.25, 0.3) is 5.91 Å². The van der Waals surface area contributed by atoms with E-state index in [1.54, 1.807) is 24.3 Å². The van der Waals surface area contributed by atoms with E-state index >= 15 is 0 Å². The minimum Gasteiger partial charge on any atom is -0.493 e. The van der Waals surface area contributed by atoms with E-state index in [0.717, 1.165) is 25.7 Å². The van der Waals surface area contributed by atoms with Crippen molar-refractivity contribution in [3.63, 3.8) is 0 Å². The number of carbonyl (C=O) groups is 2. The highest BCUT2D eigenvalue weighted by Crippen LogP contribution is 2.61. The number of fused-ring (bicyclic) bond motifs is 1. The van der Waals surface area contributed by atoms with Gasteiger partial charge in [0.05, 0.1) is 11.6 Å². The standard InChI is InChI=1S/C22H23ClFN3O3.CH5N.CH2O/c23-17-4-3-15(7-18(17)24)30-13-21-5-6-22(11-21,12-21)27-20(28)10-29-16-2-1-14(9-25)19(26)8-16;2*1-2/h1-4,7-9,25H,5-6,10-13,26H2,(H,27,28);2H2,1H3;1H2. The van der Waals surface area contributed by atoms with Crippen LogP contribution in [0.3, 0.4) is 0 Å². The Morgan fingerprint density at radius 2 is 1.82 bits per heavy atom. The Bertz CT molecular complexity index is 1010. The first-order chi connectivity index (χ1) is 16.3. The molecule has 0 spiro atoms. The van der Waals surface area contributed by atoms with Gasteiger partial charge in [0.1, 0.15) is 24.1 Å². The molecule has 0 heterocycles. The van der Waals surface area contributed by atoms with Gasteiger partial charge in [-0.1, -0.05) is 11.6 Å². The topological polar surface area (TPSA) is 141 Å². The van der Waals surface area contributed by atoms with Crippen molar-refractivity contribution in [3.05, 3.63) is 52.8 Å². The summed E-state index contributed by atoms with van der Waals surface area (Å²) in [5.74, 6) is 0.272. The summed E-state index contributed by atoms with van der Waals surface area (Å²) < 4.78 is 24.9. The first-order valence-corrected chi connectivity index (χ1v) is 11.0. The molecule has 2 aromatic rings. The van der Waals surface area contributed by atoms with E-state index in [1.165, 1.54) is 25.4 Å². The minimum absolute atomic E-state index is 0.0152. The summed E-state index contributed by atoms with van der Waals surface area (Å²) in [4.78, 5) is 20.4. The van der Waals surface area contributed by atoms with Gasteiger partial charge in [0.15, 0.2) is 6.61 Å². The van der Waals surface area contributed by atoms with Crippen molar-refractivity contribution in [2.45, 2.75) is 31.2 Å². The number of hydrogen-bond acceptors (Lipinski definition) is 7. The highest BCUT2D eigenvalue weighted by Gasteiger charge is 2.61. The molecule has 184 valence electrons. The molecule has 3 fully saturated rings. The van der Waals surface area contributed by atoms with Crippen LogP contribution in [0.2, 0.25) is 5.02 Å². The molecule has 0 aliphatic heterocycles. The van der Waals surface area contributed by atoms with Gasteiger partial charge in [-0.05, 0) is 57.0 Å². The Hall–Kier alpha value is -3.17. The lowest BCUT2D eigenvalue weighted by Crippen LogP contribution is -2.57. The van der Waals surface area contributed by atoms with E-state index in [2.05, 4.69) is 11.1 Å². The van der Waals surface area contributed by atoms with Gasteiger partial charge in [0.2, 0.25) is 0 Å². The largest absolute Gasteiger partial charge is 0.493 e. The molecule has 0 saturated heterocycles. The van der Waals surface area contributed by atoms with Crippen molar-refractivity contribution >= 4 is 36.2 Å². The Kier molecular flexibility index (Phi) is 9.40. The van der Waals surface area contributed by atoms with Crippen molar-refractivity contribution in [1.82, 2.24) is 5.32 Å². The molecule has 8 nitrogen and oxygen atoms in total. The van der Waals surface area contributed by atoms with Gasteiger partial charge >= 0.3 is 0 Å². The summed E-state index contributed by atoms with van der Waals surface area (Å²) in [6, 6.07) is 9.40. The quantitative estimate of drug-likeness (QED) is 0.329. The number of nitrogens with two attached hydrogens (primary N) is 2. The van der Waals surface area contributed by atoms with E-state index in [4.69, 9.17) is 37.0 Å². The number of anilines is 1. The molecular formula is C24H30ClFN4O4. The van der Waals surface area contributed by atoms with Gasteiger partial charge in [-0.15, -0.1) is 0 Å². The third-order valence-electron chi connectivity index (χ3n) is 5.99. The fourth-order valence-corrected chi connectivity index (χ4v) is 4.74. The van der Waals surface area contributed by atoms with Crippen LogP contribution in [0.25, 0.3) is 0 Å². The molecular weight excluding hydrogens is 463 g/mol. The molecule has 0 atom stereocenters. The maximum atomic E-state index is 13.6. The third-order valence-corrected chi connectivity index (χ3v) is 6.29. The molecule has 5 rings (SSSR count). The normalized spacial score (nSPS) is 21.5.